The van der Waals surface area contributed by atoms with Gasteiger partial charge in [-0.2, -0.15) is 0 Å². The van der Waals surface area contributed by atoms with Crippen LogP contribution in [0.5, 0.6) is 0 Å². The zero-order chi connectivity index (χ0) is 16.4. The summed E-state index contributed by atoms with van der Waals surface area (Å²) in [4.78, 5) is 18.1. The summed E-state index contributed by atoms with van der Waals surface area (Å²) in [6.07, 6.45) is 1.97. The number of benzene rings is 1. The van der Waals surface area contributed by atoms with Crippen LogP contribution >= 0.6 is 35.3 Å². The van der Waals surface area contributed by atoms with Crippen molar-refractivity contribution in [2.24, 2.45) is 0 Å². The Labute approximate surface area is 157 Å². The molecule has 1 aromatic heterocycles. The molecule has 2 aromatic rings. The number of amides is 1. The van der Waals surface area contributed by atoms with Crippen LogP contribution in [0, 0.1) is 6.92 Å². The van der Waals surface area contributed by atoms with E-state index in [1.165, 1.54) is 0 Å². The summed E-state index contributed by atoms with van der Waals surface area (Å²) >= 11 is 7.57. The van der Waals surface area contributed by atoms with Crippen molar-refractivity contribution in [2.75, 3.05) is 6.54 Å². The van der Waals surface area contributed by atoms with Crippen molar-refractivity contribution < 1.29 is 4.79 Å². The Morgan fingerprint density at radius 2 is 2.12 bits per heavy atom. The maximum Gasteiger partial charge on any atom is 0.237 e. The van der Waals surface area contributed by atoms with E-state index in [4.69, 9.17) is 16.6 Å². The second-order valence-electron chi connectivity index (χ2n) is 5.84. The number of carbonyl (C=O) groups excluding carboxylic acids is 1. The van der Waals surface area contributed by atoms with E-state index in [0.717, 1.165) is 40.5 Å². The molecule has 0 aliphatic carbocycles. The van der Waals surface area contributed by atoms with Crippen molar-refractivity contribution in [1.29, 1.82) is 0 Å². The Bertz CT molecular complexity index is 696. The maximum absolute atomic E-state index is 12.2. The molecule has 1 fully saturated rings. The summed E-state index contributed by atoms with van der Waals surface area (Å²) < 4.78 is 0. The number of aryl methyl sites for hydroxylation is 1. The molecule has 0 bridgehead atoms. The molecule has 1 amide bonds. The smallest absolute Gasteiger partial charge is 0.237 e. The summed E-state index contributed by atoms with van der Waals surface area (Å²) in [6, 6.07) is 7.53. The molecule has 130 valence electrons. The summed E-state index contributed by atoms with van der Waals surface area (Å²) in [6.45, 7) is 4.96. The molecule has 2 N–H and O–H groups in total. The fourth-order valence-electron chi connectivity index (χ4n) is 2.76. The molecule has 1 saturated heterocycles. The molecule has 3 rings (SSSR count). The number of nitrogens with one attached hydrogen (secondary N) is 2. The van der Waals surface area contributed by atoms with Crippen molar-refractivity contribution in [2.45, 2.75) is 38.8 Å². The summed E-state index contributed by atoms with van der Waals surface area (Å²) in [5.74, 6) is 0.0656. The Morgan fingerprint density at radius 1 is 1.42 bits per heavy atom. The van der Waals surface area contributed by atoms with Crippen LogP contribution < -0.4 is 10.6 Å². The standard InChI is InChI=1S/C17H20ClN3OS.ClH/c1-10(20-16(22)14-4-3-9-19-14)17-21-15(11(2)23-17)12-5-7-13(18)8-6-12;/h5-8,10,14,19H,3-4,9H2,1-2H3,(H,20,22);1H. The van der Waals surface area contributed by atoms with Gasteiger partial charge in [0.1, 0.15) is 5.01 Å². The molecule has 1 aliphatic rings. The highest BCUT2D eigenvalue weighted by molar-refractivity contribution is 7.12. The molecule has 7 heteroatoms. The van der Waals surface area contributed by atoms with Crippen LogP contribution in [-0.2, 0) is 4.79 Å². The van der Waals surface area contributed by atoms with Crippen molar-refractivity contribution in [3.63, 3.8) is 0 Å². The van der Waals surface area contributed by atoms with Gasteiger partial charge >= 0.3 is 0 Å². The first-order valence-corrected chi connectivity index (χ1v) is 9.01. The highest BCUT2D eigenvalue weighted by atomic mass is 35.5. The number of halogens is 2. The van der Waals surface area contributed by atoms with E-state index >= 15 is 0 Å². The van der Waals surface area contributed by atoms with Crippen LogP contribution in [0.1, 0.15) is 35.7 Å². The molecular formula is C17H21Cl2N3OS. The topological polar surface area (TPSA) is 54.0 Å². The minimum atomic E-state index is -0.0883. The van der Waals surface area contributed by atoms with Gasteiger partial charge in [0.05, 0.1) is 17.8 Å². The van der Waals surface area contributed by atoms with Gasteiger partial charge in [0.15, 0.2) is 0 Å². The van der Waals surface area contributed by atoms with Crippen LogP contribution in [0.15, 0.2) is 24.3 Å². The third-order valence-corrected chi connectivity index (χ3v) is 5.44. The minimum Gasteiger partial charge on any atom is -0.346 e. The van der Waals surface area contributed by atoms with Crippen molar-refractivity contribution in [1.82, 2.24) is 15.6 Å². The highest BCUT2D eigenvalue weighted by Crippen LogP contribution is 2.31. The normalized spacial score (nSPS) is 18.0. The fourth-order valence-corrected chi connectivity index (χ4v) is 3.83. The Balaban J connectivity index is 0.00000208. The van der Waals surface area contributed by atoms with Gasteiger partial charge in [-0.05, 0) is 45.4 Å². The average molecular weight is 386 g/mol. The Hall–Kier alpha value is -1.14. The number of rotatable bonds is 4. The van der Waals surface area contributed by atoms with Crippen molar-refractivity contribution in [3.8, 4) is 11.3 Å². The number of nitrogens with zero attached hydrogens (tertiary/aromatic N) is 1. The fraction of sp³-hybridized carbons (Fsp3) is 0.412. The van der Waals surface area contributed by atoms with Crippen LogP contribution in [0.2, 0.25) is 5.02 Å². The summed E-state index contributed by atoms with van der Waals surface area (Å²) in [5, 5.41) is 7.93. The van der Waals surface area contributed by atoms with Crippen LogP contribution in [0.3, 0.4) is 0 Å². The lowest BCUT2D eigenvalue weighted by molar-refractivity contribution is -0.123. The van der Waals surface area contributed by atoms with Gasteiger partial charge in [-0.25, -0.2) is 4.98 Å². The zero-order valence-corrected chi connectivity index (χ0v) is 16.0. The molecule has 0 saturated carbocycles. The molecule has 2 unspecified atom stereocenters. The van der Waals surface area contributed by atoms with E-state index in [1.54, 1.807) is 11.3 Å². The van der Waals surface area contributed by atoms with Gasteiger partial charge in [0, 0.05) is 15.5 Å². The molecule has 4 nitrogen and oxygen atoms in total. The Morgan fingerprint density at radius 3 is 2.75 bits per heavy atom. The lowest BCUT2D eigenvalue weighted by Crippen LogP contribution is -2.41. The van der Waals surface area contributed by atoms with Gasteiger partial charge in [-0.1, -0.05) is 23.7 Å². The predicted octanol–water partition coefficient (Wildman–Crippen LogP) is 4.12. The third-order valence-electron chi connectivity index (χ3n) is 4.04. The van der Waals surface area contributed by atoms with E-state index in [9.17, 15) is 4.79 Å². The van der Waals surface area contributed by atoms with Gasteiger partial charge in [0.25, 0.3) is 0 Å². The molecule has 2 heterocycles. The van der Waals surface area contributed by atoms with E-state index in [-0.39, 0.29) is 30.4 Å². The highest BCUT2D eigenvalue weighted by Gasteiger charge is 2.24. The second kappa shape index (κ2) is 8.30. The van der Waals surface area contributed by atoms with Crippen LogP contribution in [0.4, 0.5) is 0 Å². The van der Waals surface area contributed by atoms with Crippen LogP contribution in [-0.4, -0.2) is 23.5 Å². The summed E-state index contributed by atoms with van der Waals surface area (Å²) in [5.41, 5.74) is 2.01. The van der Waals surface area contributed by atoms with E-state index in [0.29, 0.717) is 5.02 Å². The number of aromatic nitrogens is 1. The van der Waals surface area contributed by atoms with E-state index in [1.807, 2.05) is 31.2 Å². The lowest BCUT2D eigenvalue weighted by Gasteiger charge is -2.15. The molecule has 2 atom stereocenters. The molecule has 1 aromatic carbocycles. The SMILES string of the molecule is Cc1sc(C(C)NC(=O)C2CCCN2)nc1-c1ccc(Cl)cc1.Cl. The molecule has 1 aliphatic heterocycles. The lowest BCUT2D eigenvalue weighted by atomic mass is 10.1. The van der Waals surface area contributed by atoms with Crippen molar-refractivity contribution in [3.05, 3.63) is 39.2 Å². The minimum absolute atomic E-state index is 0. The zero-order valence-electron chi connectivity index (χ0n) is 13.6. The van der Waals surface area contributed by atoms with Crippen LogP contribution in [0.25, 0.3) is 11.3 Å². The largest absolute Gasteiger partial charge is 0.346 e. The second-order valence-corrected chi connectivity index (χ2v) is 7.51. The molecule has 24 heavy (non-hydrogen) atoms. The first-order chi connectivity index (χ1) is 11.0. The number of carbonyl (C=O) groups is 1. The molecule has 0 spiro atoms. The first-order valence-electron chi connectivity index (χ1n) is 7.81. The predicted molar refractivity (Wildman–Crippen MR) is 102 cm³/mol. The first kappa shape index (κ1) is 19.2. The maximum atomic E-state index is 12.2. The Kier molecular flexibility index (Phi) is 6.63. The number of hydrogen-bond acceptors (Lipinski definition) is 4. The third kappa shape index (κ3) is 4.28. The average Bonchev–Trinajstić information content (AvgIpc) is 3.17. The number of hydrogen-bond donors (Lipinski definition) is 2. The summed E-state index contributed by atoms with van der Waals surface area (Å²) in [7, 11) is 0. The quantitative estimate of drug-likeness (QED) is 0.831. The molecular weight excluding hydrogens is 365 g/mol. The van der Waals surface area contributed by atoms with Gasteiger partial charge in [-0.15, -0.1) is 23.7 Å². The number of thiazole rings is 1. The van der Waals surface area contributed by atoms with E-state index < -0.39 is 0 Å². The van der Waals surface area contributed by atoms with Gasteiger partial charge in [-0.3, -0.25) is 4.79 Å². The van der Waals surface area contributed by atoms with Gasteiger partial charge < -0.3 is 10.6 Å². The monoisotopic (exact) mass is 385 g/mol. The molecule has 0 radical (unpaired) electrons. The van der Waals surface area contributed by atoms with E-state index in [2.05, 4.69) is 17.6 Å². The van der Waals surface area contributed by atoms with Gasteiger partial charge in [0.2, 0.25) is 5.91 Å². The van der Waals surface area contributed by atoms with Crippen molar-refractivity contribution >= 4 is 41.3 Å².